The summed E-state index contributed by atoms with van der Waals surface area (Å²) in [5, 5.41) is 2.94. The Morgan fingerprint density at radius 3 is 2.30 bits per heavy atom. The number of amides is 2. The lowest BCUT2D eigenvalue weighted by Gasteiger charge is -2.36. The second kappa shape index (κ2) is 8.32. The molecule has 1 atom stereocenters. The molecule has 2 fully saturated rings. The Kier molecular flexibility index (Phi) is 6.08. The maximum Gasteiger partial charge on any atom is 0.239 e. The average molecular weight is 372 g/mol. The lowest BCUT2D eigenvalue weighted by molar-refractivity contribution is -0.147. The Balaban J connectivity index is 1.62. The number of hydrogen-bond acceptors (Lipinski definition) is 3. The number of piperidine rings is 2. The van der Waals surface area contributed by atoms with Crippen LogP contribution in [0.3, 0.4) is 0 Å². The van der Waals surface area contributed by atoms with Gasteiger partial charge >= 0.3 is 0 Å². The lowest BCUT2D eigenvalue weighted by Crippen LogP contribution is -2.50. The summed E-state index contributed by atoms with van der Waals surface area (Å²) in [6.45, 7) is 9.32. The van der Waals surface area contributed by atoms with Crippen molar-refractivity contribution in [3.05, 3.63) is 24.3 Å². The number of nitrogens with zero attached hydrogens (tertiary/aromatic N) is 2. The highest BCUT2D eigenvalue weighted by molar-refractivity contribution is 6.09. The summed E-state index contributed by atoms with van der Waals surface area (Å²) in [5.74, 6) is 0.192. The third-order valence-electron chi connectivity index (χ3n) is 5.89. The maximum absolute atomic E-state index is 12.9. The highest BCUT2D eigenvalue weighted by Gasteiger charge is 2.40. The van der Waals surface area contributed by atoms with Gasteiger partial charge in [0.2, 0.25) is 11.8 Å². The second-order valence-electron chi connectivity index (χ2n) is 8.67. The average Bonchev–Trinajstić information content (AvgIpc) is 2.68. The summed E-state index contributed by atoms with van der Waals surface area (Å²) in [6, 6.07) is 7.99. The number of rotatable bonds is 4. The van der Waals surface area contributed by atoms with Gasteiger partial charge in [-0.05, 0) is 76.1 Å². The highest BCUT2D eigenvalue weighted by Crippen LogP contribution is 2.27. The first-order chi connectivity index (χ1) is 12.9. The van der Waals surface area contributed by atoms with Crippen LogP contribution < -0.4 is 10.2 Å². The van der Waals surface area contributed by atoms with E-state index < -0.39 is 5.41 Å². The van der Waals surface area contributed by atoms with Gasteiger partial charge in [0, 0.05) is 37.6 Å². The molecule has 0 aliphatic carbocycles. The Labute approximate surface area is 163 Å². The van der Waals surface area contributed by atoms with E-state index in [0.717, 1.165) is 44.7 Å². The fraction of sp³-hybridized carbons (Fsp3) is 0.636. The second-order valence-corrected chi connectivity index (χ2v) is 8.67. The summed E-state index contributed by atoms with van der Waals surface area (Å²) in [7, 11) is 0. The first kappa shape index (κ1) is 19.7. The minimum atomic E-state index is -1.07. The molecule has 2 heterocycles. The quantitative estimate of drug-likeness (QED) is 0.817. The largest absolute Gasteiger partial charge is 0.372 e. The van der Waals surface area contributed by atoms with Crippen molar-refractivity contribution in [2.24, 2.45) is 11.3 Å². The number of likely N-dealkylation sites (tertiary alicyclic amines) is 1. The zero-order valence-electron chi connectivity index (χ0n) is 17.0. The molecule has 2 aliphatic heterocycles. The van der Waals surface area contributed by atoms with E-state index in [1.54, 1.807) is 13.8 Å². The molecule has 2 amide bonds. The fourth-order valence-electron chi connectivity index (χ4n) is 4.06. The van der Waals surface area contributed by atoms with Crippen LogP contribution in [-0.2, 0) is 9.59 Å². The zero-order valence-corrected chi connectivity index (χ0v) is 17.0. The third kappa shape index (κ3) is 4.63. The predicted octanol–water partition coefficient (Wildman–Crippen LogP) is 3.90. The molecule has 5 heteroatoms. The van der Waals surface area contributed by atoms with Crippen molar-refractivity contribution >= 4 is 23.2 Å². The molecule has 148 valence electrons. The van der Waals surface area contributed by atoms with E-state index in [-0.39, 0.29) is 11.8 Å². The zero-order chi connectivity index (χ0) is 19.4. The first-order valence-corrected chi connectivity index (χ1v) is 10.3. The van der Waals surface area contributed by atoms with Gasteiger partial charge in [-0.15, -0.1) is 0 Å². The molecular formula is C22H33N3O2. The summed E-state index contributed by atoms with van der Waals surface area (Å²) < 4.78 is 0. The lowest BCUT2D eigenvalue weighted by atomic mass is 9.88. The van der Waals surface area contributed by atoms with Crippen molar-refractivity contribution in [2.45, 2.75) is 52.9 Å². The Morgan fingerprint density at radius 2 is 1.67 bits per heavy atom. The minimum Gasteiger partial charge on any atom is -0.372 e. The molecule has 0 aromatic heterocycles. The molecule has 5 nitrogen and oxygen atoms in total. The van der Waals surface area contributed by atoms with Crippen LogP contribution >= 0.6 is 0 Å². The van der Waals surface area contributed by atoms with Gasteiger partial charge in [0.15, 0.2) is 0 Å². The molecule has 0 spiro atoms. The van der Waals surface area contributed by atoms with Gasteiger partial charge in [0.05, 0.1) is 0 Å². The molecule has 0 bridgehead atoms. The number of hydrogen-bond donors (Lipinski definition) is 1. The summed E-state index contributed by atoms with van der Waals surface area (Å²) in [6.07, 6.45) is 5.96. The van der Waals surface area contributed by atoms with Crippen LogP contribution in [-0.4, -0.2) is 42.9 Å². The van der Waals surface area contributed by atoms with Crippen molar-refractivity contribution in [2.75, 3.05) is 36.4 Å². The fourth-order valence-corrected chi connectivity index (χ4v) is 4.06. The molecule has 1 unspecified atom stereocenters. The molecule has 1 aromatic rings. The van der Waals surface area contributed by atoms with Crippen LogP contribution in [0, 0.1) is 11.3 Å². The molecule has 27 heavy (non-hydrogen) atoms. The van der Waals surface area contributed by atoms with Gasteiger partial charge in [-0.3, -0.25) is 9.59 Å². The normalized spacial score (nSPS) is 21.1. The van der Waals surface area contributed by atoms with Crippen molar-refractivity contribution in [1.82, 2.24) is 4.90 Å². The molecule has 0 radical (unpaired) electrons. The molecule has 0 saturated carbocycles. The molecule has 3 rings (SSSR count). The summed E-state index contributed by atoms with van der Waals surface area (Å²) in [5.41, 5.74) is 0.877. The van der Waals surface area contributed by atoms with E-state index in [9.17, 15) is 9.59 Å². The van der Waals surface area contributed by atoms with Crippen LogP contribution in [0.2, 0.25) is 0 Å². The van der Waals surface area contributed by atoms with Gasteiger partial charge in [0.1, 0.15) is 5.41 Å². The first-order valence-electron chi connectivity index (χ1n) is 10.3. The van der Waals surface area contributed by atoms with Crippen LogP contribution in [0.25, 0.3) is 0 Å². The predicted molar refractivity (Wildman–Crippen MR) is 110 cm³/mol. The summed E-state index contributed by atoms with van der Waals surface area (Å²) >= 11 is 0. The van der Waals surface area contributed by atoms with E-state index in [2.05, 4.69) is 29.3 Å². The van der Waals surface area contributed by atoms with E-state index in [0.29, 0.717) is 5.92 Å². The van der Waals surface area contributed by atoms with Gasteiger partial charge in [-0.1, -0.05) is 6.92 Å². The molecule has 2 saturated heterocycles. The van der Waals surface area contributed by atoms with E-state index in [4.69, 9.17) is 0 Å². The smallest absolute Gasteiger partial charge is 0.239 e. The molecule has 1 N–H and O–H groups in total. The Hall–Kier alpha value is -2.04. The van der Waals surface area contributed by atoms with E-state index >= 15 is 0 Å². The SMILES string of the molecule is CC1CCCN(C(=O)C(C)(C)C(=O)Nc2ccc(N3CCCCC3)cc2)C1. The number of benzene rings is 1. The van der Waals surface area contributed by atoms with Crippen LogP contribution in [0.15, 0.2) is 24.3 Å². The molecular weight excluding hydrogens is 338 g/mol. The number of carbonyl (C=O) groups is 2. The maximum atomic E-state index is 12.9. The van der Waals surface area contributed by atoms with Crippen LogP contribution in [0.4, 0.5) is 11.4 Å². The topological polar surface area (TPSA) is 52.7 Å². The number of carbonyl (C=O) groups excluding carboxylic acids is 2. The van der Waals surface area contributed by atoms with Crippen LogP contribution in [0.1, 0.15) is 52.9 Å². The summed E-state index contributed by atoms with van der Waals surface area (Å²) in [4.78, 5) is 30.0. The Morgan fingerprint density at radius 1 is 1.00 bits per heavy atom. The van der Waals surface area contributed by atoms with Crippen molar-refractivity contribution in [3.8, 4) is 0 Å². The van der Waals surface area contributed by atoms with Gasteiger partial charge in [0.25, 0.3) is 0 Å². The van der Waals surface area contributed by atoms with Crippen molar-refractivity contribution < 1.29 is 9.59 Å². The standard InChI is InChI=1S/C22H33N3O2/c1-17-8-7-15-25(16-17)21(27)22(2,3)20(26)23-18-9-11-19(12-10-18)24-13-5-4-6-14-24/h9-12,17H,4-8,13-16H2,1-3H3,(H,23,26). The third-order valence-corrected chi connectivity index (χ3v) is 5.89. The van der Waals surface area contributed by atoms with E-state index in [1.807, 2.05) is 17.0 Å². The monoisotopic (exact) mass is 371 g/mol. The van der Waals surface area contributed by atoms with E-state index in [1.165, 1.54) is 24.9 Å². The van der Waals surface area contributed by atoms with Gasteiger partial charge < -0.3 is 15.1 Å². The van der Waals surface area contributed by atoms with Crippen LogP contribution in [0.5, 0.6) is 0 Å². The minimum absolute atomic E-state index is 0.0727. The highest BCUT2D eigenvalue weighted by atomic mass is 16.2. The van der Waals surface area contributed by atoms with Gasteiger partial charge in [-0.2, -0.15) is 0 Å². The van der Waals surface area contributed by atoms with Crippen molar-refractivity contribution in [3.63, 3.8) is 0 Å². The van der Waals surface area contributed by atoms with Crippen molar-refractivity contribution in [1.29, 1.82) is 0 Å². The number of nitrogens with one attached hydrogen (secondary N) is 1. The Bertz CT molecular complexity index is 663. The van der Waals surface area contributed by atoms with Gasteiger partial charge in [-0.25, -0.2) is 0 Å². The molecule has 2 aliphatic rings. The number of anilines is 2. The molecule has 1 aromatic carbocycles.